The van der Waals surface area contributed by atoms with Crippen LogP contribution < -0.4 is 14.9 Å². The number of nitrogens with one attached hydrogen (secondary N) is 2. The standard InChI is InChI=1S/C29H31FN4O5S/c1-33(2)15-16-34(40(3,38)39)23-11-9-22(10-12-23)31-28(20-6-4-5-19(17-20)7-14-26(35)36)27-24-13-8-21(30)18-25(24)32-29(27)37/h4-6,8-13,17-18,31H,7,14-16H2,1-3H3,(H,32,37)(H,35,36). The maximum atomic E-state index is 13.9. The predicted octanol–water partition coefficient (Wildman–Crippen LogP) is 4.10. The van der Waals surface area contributed by atoms with Crippen molar-refractivity contribution >= 4 is 50.2 Å². The molecule has 1 aliphatic heterocycles. The molecule has 0 aliphatic carbocycles. The Bertz CT molecular complexity index is 1570. The highest BCUT2D eigenvalue weighted by Crippen LogP contribution is 2.38. The molecule has 3 aromatic rings. The van der Waals surface area contributed by atoms with Crippen molar-refractivity contribution in [2.45, 2.75) is 12.8 Å². The van der Waals surface area contributed by atoms with Crippen molar-refractivity contribution in [2.75, 3.05) is 48.4 Å². The van der Waals surface area contributed by atoms with E-state index >= 15 is 0 Å². The second kappa shape index (κ2) is 11.9. The van der Waals surface area contributed by atoms with Gasteiger partial charge in [-0.3, -0.25) is 13.9 Å². The number of amides is 1. The van der Waals surface area contributed by atoms with E-state index in [-0.39, 0.29) is 13.0 Å². The van der Waals surface area contributed by atoms with Crippen LogP contribution >= 0.6 is 0 Å². The molecule has 3 aromatic carbocycles. The zero-order valence-electron chi connectivity index (χ0n) is 22.4. The number of likely N-dealkylation sites (N-methyl/N-ethyl adjacent to an activating group) is 1. The van der Waals surface area contributed by atoms with Gasteiger partial charge in [0.05, 0.1) is 28.9 Å². The van der Waals surface area contributed by atoms with Crippen molar-refractivity contribution in [3.05, 3.63) is 89.2 Å². The lowest BCUT2D eigenvalue weighted by Crippen LogP contribution is -2.35. The number of carboxylic acids is 1. The van der Waals surface area contributed by atoms with Crippen LogP contribution in [0.4, 0.5) is 21.5 Å². The molecule has 0 saturated carbocycles. The van der Waals surface area contributed by atoms with Crippen molar-refractivity contribution in [3.8, 4) is 0 Å². The third kappa shape index (κ3) is 6.85. The van der Waals surface area contributed by atoms with E-state index in [1.54, 1.807) is 36.4 Å². The van der Waals surface area contributed by atoms with E-state index in [1.165, 1.54) is 22.5 Å². The van der Waals surface area contributed by atoms with Gasteiger partial charge in [0.15, 0.2) is 0 Å². The minimum Gasteiger partial charge on any atom is -0.481 e. The summed E-state index contributed by atoms with van der Waals surface area (Å²) in [4.78, 5) is 26.2. The monoisotopic (exact) mass is 566 g/mol. The smallest absolute Gasteiger partial charge is 0.303 e. The van der Waals surface area contributed by atoms with Crippen molar-refractivity contribution in [1.29, 1.82) is 0 Å². The van der Waals surface area contributed by atoms with Crippen LogP contribution in [-0.4, -0.2) is 63.7 Å². The topological polar surface area (TPSA) is 119 Å². The zero-order chi connectivity index (χ0) is 29.0. The van der Waals surface area contributed by atoms with Crippen LogP contribution in [0.1, 0.15) is 23.1 Å². The number of carboxylic acid groups (broad SMARTS) is 1. The third-order valence-electron chi connectivity index (χ3n) is 6.39. The normalized spacial score (nSPS) is 14.1. The number of carbonyl (C=O) groups excluding carboxylic acids is 1. The van der Waals surface area contributed by atoms with Crippen LogP contribution in [0.2, 0.25) is 0 Å². The molecule has 11 heteroatoms. The van der Waals surface area contributed by atoms with Gasteiger partial charge in [0.1, 0.15) is 5.82 Å². The number of halogens is 1. The molecular formula is C29H31FN4O5S. The van der Waals surface area contributed by atoms with Gasteiger partial charge in [0, 0.05) is 30.8 Å². The summed E-state index contributed by atoms with van der Waals surface area (Å²) in [5.74, 6) is -1.81. The Kier molecular flexibility index (Phi) is 8.55. The first-order chi connectivity index (χ1) is 18.9. The maximum Gasteiger partial charge on any atom is 0.303 e. The zero-order valence-corrected chi connectivity index (χ0v) is 23.3. The summed E-state index contributed by atoms with van der Waals surface area (Å²) < 4.78 is 40.1. The molecule has 0 fully saturated rings. The van der Waals surface area contributed by atoms with Crippen LogP contribution in [0.5, 0.6) is 0 Å². The molecule has 1 amide bonds. The van der Waals surface area contributed by atoms with Gasteiger partial charge in [-0.2, -0.15) is 0 Å². The molecule has 0 atom stereocenters. The number of anilines is 3. The average molecular weight is 567 g/mol. The van der Waals surface area contributed by atoms with Gasteiger partial charge in [-0.25, -0.2) is 12.8 Å². The molecular weight excluding hydrogens is 535 g/mol. The summed E-state index contributed by atoms with van der Waals surface area (Å²) in [6.45, 7) is 0.821. The number of benzene rings is 3. The fourth-order valence-electron chi connectivity index (χ4n) is 4.44. The Hall–Kier alpha value is -4.22. The van der Waals surface area contributed by atoms with E-state index in [2.05, 4.69) is 10.6 Å². The van der Waals surface area contributed by atoms with E-state index in [0.717, 1.165) is 11.8 Å². The first-order valence-electron chi connectivity index (χ1n) is 12.6. The lowest BCUT2D eigenvalue weighted by atomic mass is 9.97. The van der Waals surface area contributed by atoms with Crippen LogP contribution in [0.25, 0.3) is 11.3 Å². The van der Waals surface area contributed by atoms with Crippen LogP contribution in [-0.2, 0) is 26.0 Å². The van der Waals surface area contributed by atoms with Crippen molar-refractivity contribution < 1.29 is 27.5 Å². The Balaban J connectivity index is 1.76. The molecule has 210 valence electrons. The van der Waals surface area contributed by atoms with E-state index < -0.39 is 27.7 Å². The summed E-state index contributed by atoms with van der Waals surface area (Å²) in [6, 6.07) is 18.1. The largest absolute Gasteiger partial charge is 0.481 e. The van der Waals surface area contributed by atoms with Crippen LogP contribution in [0.3, 0.4) is 0 Å². The number of nitrogens with zero attached hydrogens (tertiary/aromatic N) is 2. The van der Waals surface area contributed by atoms with Crippen LogP contribution in [0, 0.1) is 5.82 Å². The molecule has 9 nitrogen and oxygen atoms in total. The summed E-state index contributed by atoms with van der Waals surface area (Å²) in [6.07, 6.45) is 1.42. The number of aliphatic carboxylic acids is 1. The van der Waals surface area contributed by atoms with Gasteiger partial charge in [0.2, 0.25) is 10.0 Å². The van der Waals surface area contributed by atoms with E-state index in [0.29, 0.717) is 52.4 Å². The number of hydrogen-bond donors (Lipinski definition) is 3. The SMILES string of the molecule is CN(C)CCN(c1ccc(NC(=C2C(=O)Nc3cc(F)ccc32)c2cccc(CCC(=O)O)c2)cc1)S(C)(=O)=O. The Morgan fingerprint density at radius 3 is 2.40 bits per heavy atom. The molecule has 0 radical (unpaired) electrons. The lowest BCUT2D eigenvalue weighted by Gasteiger charge is -2.24. The number of aryl methyl sites for hydroxylation is 1. The maximum absolute atomic E-state index is 13.9. The molecule has 4 rings (SSSR count). The number of hydrogen-bond acceptors (Lipinski definition) is 6. The van der Waals surface area contributed by atoms with Gasteiger partial charge in [-0.1, -0.05) is 18.2 Å². The summed E-state index contributed by atoms with van der Waals surface area (Å²) in [5, 5.41) is 15.1. The van der Waals surface area contributed by atoms with Gasteiger partial charge >= 0.3 is 5.97 Å². The second-order valence-electron chi connectivity index (χ2n) is 9.80. The number of fused-ring (bicyclic) bond motifs is 1. The van der Waals surface area contributed by atoms with Crippen molar-refractivity contribution in [1.82, 2.24) is 4.90 Å². The molecule has 1 heterocycles. The second-order valence-corrected chi connectivity index (χ2v) is 11.7. The molecule has 0 saturated heterocycles. The molecule has 3 N–H and O–H groups in total. The Labute approximate surface area is 233 Å². The highest BCUT2D eigenvalue weighted by molar-refractivity contribution is 7.92. The summed E-state index contributed by atoms with van der Waals surface area (Å²) >= 11 is 0. The van der Waals surface area contributed by atoms with Crippen LogP contribution in [0.15, 0.2) is 66.7 Å². The molecule has 0 unspecified atom stereocenters. The highest BCUT2D eigenvalue weighted by Gasteiger charge is 2.29. The Morgan fingerprint density at radius 2 is 1.75 bits per heavy atom. The van der Waals surface area contributed by atoms with E-state index in [1.807, 2.05) is 31.1 Å². The Morgan fingerprint density at radius 1 is 1.02 bits per heavy atom. The molecule has 0 spiro atoms. The molecule has 0 aromatic heterocycles. The minimum atomic E-state index is -3.51. The number of carbonyl (C=O) groups is 2. The van der Waals surface area contributed by atoms with Gasteiger partial charge in [-0.15, -0.1) is 0 Å². The number of rotatable bonds is 11. The summed E-state index contributed by atoms with van der Waals surface area (Å²) in [7, 11) is 0.217. The van der Waals surface area contributed by atoms with Crippen molar-refractivity contribution in [2.24, 2.45) is 0 Å². The summed E-state index contributed by atoms with van der Waals surface area (Å²) in [5.41, 5.74) is 4.12. The first kappa shape index (κ1) is 28.8. The molecule has 1 aliphatic rings. The average Bonchev–Trinajstić information content (AvgIpc) is 3.20. The fourth-order valence-corrected chi connectivity index (χ4v) is 5.36. The fraction of sp³-hybridized carbons (Fsp3) is 0.241. The van der Waals surface area contributed by atoms with E-state index in [4.69, 9.17) is 5.11 Å². The van der Waals surface area contributed by atoms with E-state index in [9.17, 15) is 22.4 Å². The van der Waals surface area contributed by atoms with Crippen molar-refractivity contribution in [3.63, 3.8) is 0 Å². The lowest BCUT2D eigenvalue weighted by molar-refractivity contribution is -0.137. The predicted molar refractivity (Wildman–Crippen MR) is 155 cm³/mol. The third-order valence-corrected chi connectivity index (χ3v) is 7.59. The van der Waals surface area contributed by atoms with Gasteiger partial charge in [-0.05, 0) is 80.2 Å². The molecule has 40 heavy (non-hydrogen) atoms. The molecule has 0 bridgehead atoms. The highest BCUT2D eigenvalue weighted by atomic mass is 32.2. The minimum absolute atomic E-state index is 0.0441. The number of sulfonamides is 1. The van der Waals surface area contributed by atoms with Gasteiger partial charge in [0.25, 0.3) is 5.91 Å². The van der Waals surface area contributed by atoms with Gasteiger partial charge < -0.3 is 20.6 Å². The quantitative estimate of drug-likeness (QED) is 0.299. The first-order valence-corrected chi connectivity index (χ1v) is 14.4.